The van der Waals surface area contributed by atoms with Gasteiger partial charge in [-0.05, 0) is 34.4 Å². The maximum Gasteiger partial charge on any atom is 0.246 e. The number of aliphatic hydroxyl groups excluding tert-OH is 2. The van der Waals surface area contributed by atoms with E-state index in [0.717, 1.165) is 5.69 Å². The van der Waals surface area contributed by atoms with Gasteiger partial charge in [-0.25, -0.2) is 13.1 Å². The molecule has 0 radical (unpaired) electrons. The highest BCUT2D eigenvalue weighted by atomic mass is 32.2. The van der Waals surface area contributed by atoms with Crippen LogP contribution < -0.4 is 4.72 Å². The lowest BCUT2D eigenvalue weighted by Gasteiger charge is -2.18. The molecule has 28 heavy (non-hydrogen) atoms. The van der Waals surface area contributed by atoms with Crippen molar-refractivity contribution in [1.82, 2.24) is 29.8 Å². The lowest BCUT2D eigenvalue weighted by molar-refractivity contribution is 0.00972. The van der Waals surface area contributed by atoms with Crippen LogP contribution in [0.15, 0.2) is 15.6 Å². The molecule has 4 atom stereocenters. The molecule has 1 fully saturated rings. The first-order chi connectivity index (χ1) is 13.1. The Morgan fingerprint density at radius 1 is 1.32 bits per heavy atom. The molecule has 3 N–H and O–H groups in total. The van der Waals surface area contributed by atoms with Crippen molar-refractivity contribution in [1.29, 1.82) is 0 Å². The van der Waals surface area contributed by atoms with Crippen LogP contribution in [0.2, 0.25) is 0 Å². The monoisotopic (exact) mass is 414 g/mol. The van der Waals surface area contributed by atoms with Crippen LogP contribution in [0.5, 0.6) is 0 Å². The van der Waals surface area contributed by atoms with Gasteiger partial charge in [0.1, 0.15) is 10.6 Å². The highest BCUT2D eigenvalue weighted by Gasteiger charge is 2.44. The van der Waals surface area contributed by atoms with Crippen LogP contribution in [0.4, 0.5) is 0 Å². The number of aromatic nitrogens is 4. The number of aliphatic hydroxyl groups is 2. The van der Waals surface area contributed by atoms with Crippen molar-refractivity contribution < 1.29 is 23.2 Å². The van der Waals surface area contributed by atoms with Crippen LogP contribution in [0.3, 0.4) is 0 Å². The van der Waals surface area contributed by atoms with Crippen molar-refractivity contribution in [3.05, 3.63) is 23.3 Å². The molecule has 0 aliphatic heterocycles. The molecular formula is C16H26N6O5S. The number of nitrogens with zero attached hydrogens (tertiary/aromatic N) is 5. The van der Waals surface area contributed by atoms with Gasteiger partial charge >= 0.3 is 0 Å². The van der Waals surface area contributed by atoms with Gasteiger partial charge in [0.25, 0.3) is 0 Å². The number of hydrogen-bond acceptors (Lipinski definition) is 9. The Hall–Kier alpha value is -1.86. The van der Waals surface area contributed by atoms with Gasteiger partial charge in [0, 0.05) is 25.2 Å². The molecule has 2 heterocycles. The molecule has 12 heteroatoms. The van der Waals surface area contributed by atoms with Gasteiger partial charge in [-0.2, -0.15) is 0 Å². The van der Waals surface area contributed by atoms with E-state index in [9.17, 15) is 18.6 Å². The zero-order valence-corrected chi connectivity index (χ0v) is 17.1. The molecule has 0 bridgehead atoms. The van der Waals surface area contributed by atoms with Gasteiger partial charge in [0.05, 0.1) is 23.9 Å². The quantitative estimate of drug-likeness (QED) is 0.521. The fourth-order valence-electron chi connectivity index (χ4n) is 3.60. The molecule has 0 spiro atoms. The minimum Gasteiger partial charge on any atom is -0.390 e. The standard InChI is InChI=1S/C16H26N6O5S/c1-9-16(10(2)27-18-9)28(25,26)19-13-5-11(14(23)15(13)24)6-22-8-12(17-20-22)7-21(3)4/h8,11,13-15,19,23-24H,5-7H2,1-4H3/t11-,13-,14-,15+/m1/s1. The zero-order valence-electron chi connectivity index (χ0n) is 16.3. The van der Waals surface area contributed by atoms with Crippen LogP contribution in [0.25, 0.3) is 0 Å². The second-order valence-electron chi connectivity index (χ2n) is 7.53. The molecule has 0 amide bonds. The third-order valence-electron chi connectivity index (χ3n) is 4.83. The van der Waals surface area contributed by atoms with Crippen molar-refractivity contribution >= 4 is 10.0 Å². The smallest absolute Gasteiger partial charge is 0.246 e. The van der Waals surface area contributed by atoms with Gasteiger partial charge < -0.3 is 19.6 Å². The Morgan fingerprint density at radius 2 is 2.04 bits per heavy atom. The van der Waals surface area contributed by atoms with Crippen LogP contribution in [-0.4, -0.2) is 76.0 Å². The van der Waals surface area contributed by atoms with Gasteiger partial charge in [-0.1, -0.05) is 10.4 Å². The van der Waals surface area contributed by atoms with E-state index in [1.165, 1.54) is 13.8 Å². The summed E-state index contributed by atoms with van der Waals surface area (Å²) in [6.45, 7) is 4.00. The third-order valence-corrected chi connectivity index (χ3v) is 6.56. The second-order valence-corrected chi connectivity index (χ2v) is 9.18. The number of nitrogens with one attached hydrogen (secondary N) is 1. The summed E-state index contributed by atoms with van der Waals surface area (Å²) >= 11 is 0. The third kappa shape index (κ3) is 4.25. The largest absolute Gasteiger partial charge is 0.390 e. The summed E-state index contributed by atoms with van der Waals surface area (Å²) in [4.78, 5) is 1.92. The van der Waals surface area contributed by atoms with Crippen molar-refractivity contribution in [2.24, 2.45) is 5.92 Å². The molecule has 1 saturated carbocycles. The van der Waals surface area contributed by atoms with Gasteiger partial charge in [0.15, 0.2) is 5.76 Å². The van der Waals surface area contributed by atoms with E-state index < -0.39 is 28.3 Å². The number of sulfonamides is 1. The topological polar surface area (TPSA) is 147 Å². The summed E-state index contributed by atoms with van der Waals surface area (Å²) < 4.78 is 34.4. The molecule has 2 aromatic heterocycles. The van der Waals surface area contributed by atoms with E-state index in [2.05, 4.69) is 20.2 Å². The lowest BCUT2D eigenvalue weighted by atomic mass is 10.1. The molecule has 0 unspecified atom stereocenters. The number of aryl methyl sites for hydroxylation is 2. The maximum absolute atomic E-state index is 12.7. The average molecular weight is 414 g/mol. The molecule has 1 aliphatic carbocycles. The molecule has 2 aromatic rings. The molecule has 1 aliphatic rings. The lowest BCUT2D eigenvalue weighted by Crippen LogP contribution is -2.43. The summed E-state index contributed by atoms with van der Waals surface area (Å²) in [5.74, 6) is -0.202. The van der Waals surface area contributed by atoms with Gasteiger partial charge in [-0.3, -0.25) is 4.68 Å². The molecule has 0 saturated heterocycles. The number of rotatable bonds is 7. The summed E-state index contributed by atoms with van der Waals surface area (Å²) in [6, 6.07) is -0.830. The van der Waals surface area contributed by atoms with Crippen molar-refractivity contribution in [3.8, 4) is 0 Å². The van der Waals surface area contributed by atoms with Crippen LogP contribution in [-0.2, 0) is 23.1 Å². The Labute approximate surface area is 163 Å². The minimum atomic E-state index is -3.94. The number of hydrogen-bond donors (Lipinski definition) is 3. The molecular weight excluding hydrogens is 388 g/mol. The molecule has 3 rings (SSSR count). The summed E-state index contributed by atoms with van der Waals surface area (Å²) in [5.41, 5.74) is 1.03. The maximum atomic E-state index is 12.7. The summed E-state index contributed by atoms with van der Waals surface area (Å²) in [5, 5.41) is 32.5. The van der Waals surface area contributed by atoms with Crippen LogP contribution in [0.1, 0.15) is 23.6 Å². The average Bonchev–Trinajstić information content (AvgIpc) is 3.23. The Morgan fingerprint density at radius 3 is 2.64 bits per heavy atom. The molecule has 11 nitrogen and oxygen atoms in total. The van der Waals surface area contributed by atoms with Crippen molar-refractivity contribution in [2.45, 2.75) is 56.5 Å². The summed E-state index contributed by atoms with van der Waals surface area (Å²) in [7, 11) is -0.0966. The Bertz CT molecular complexity index is 904. The van der Waals surface area contributed by atoms with Gasteiger partial charge in [0.2, 0.25) is 10.0 Å². The van der Waals surface area contributed by atoms with E-state index in [0.29, 0.717) is 13.1 Å². The van der Waals surface area contributed by atoms with Crippen molar-refractivity contribution in [3.63, 3.8) is 0 Å². The predicted octanol–water partition coefficient (Wildman–Crippen LogP) is -0.967. The molecule has 0 aromatic carbocycles. The first-order valence-corrected chi connectivity index (χ1v) is 10.4. The SMILES string of the molecule is Cc1noc(C)c1S(=O)(=O)N[C@@H]1C[C@H](Cn2cc(CN(C)C)nn2)[C@@H](O)[C@H]1O. The first-order valence-electron chi connectivity index (χ1n) is 8.93. The van der Waals surface area contributed by atoms with E-state index in [1.54, 1.807) is 10.9 Å². The summed E-state index contributed by atoms with van der Waals surface area (Å²) in [6.07, 6.45) is -0.280. The fourth-order valence-corrected chi connectivity index (χ4v) is 5.20. The first kappa shape index (κ1) is 20.9. The highest BCUT2D eigenvalue weighted by Crippen LogP contribution is 2.30. The minimum absolute atomic E-state index is 0.0396. The zero-order chi connectivity index (χ0) is 20.6. The van der Waals surface area contributed by atoms with Crippen molar-refractivity contribution in [2.75, 3.05) is 14.1 Å². The Balaban J connectivity index is 1.69. The van der Waals surface area contributed by atoms with E-state index in [4.69, 9.17) is 4.52 Å². The van der Waals surface area contributed by atoms with E-state index in [-0.39, 0.29) is 28.7 Å². The predicted molar refractivity (Wildman–Crippen MR) is 97.6 cm³/mol. The van der Waals surface area contributed by atoms with Gasteiger partial charge in [-0.15, -0.1) is 5.10 Å². The fraction of sp³-hybridized carbons (Fsp3) is 0.688. The second kappa shape index (κ2) is 7.87. The van der Waals surface area contributed by atoms with E-state index in [1.807, 2.05) is 19.0 Å². The van der Waals surface area contributed by atoms with E-state index >= 15 is 0 Å². The Kier molecular flexibility index (Phi) is 5.87. The molecule has 156 valence electrons. The van der Waals surface area contributed by atoms with Crippen LogP contribution >= 0.6 is 0 Å². The normalized spacial score (nSPS) is 25.7. The van der Waals surface area contributed by atoms with Crippen LogP contribution in [0, 0.1) is 19.8 Å². The highest BCUT2D eigenvalue weighted by molar-refractivity contribution is 7.89.